The summed E-state index contributed by atoms with van der Waals surface area (Å²) < 4.78 is 0. The van der Waals surface area contributed by atoms with Crippen molar-refractivity contribution in [3.05, 3.63) is 42.5 Å². The van der Waals surface area contributed by atoms with E-state index < -0.39 is 6.04 Å². The van der Waals surface area contributed by atoms with Gasteiger partial charge in [0.25, 0.3) is 0 Å². The zero-order valence-electron chi connectivity index (χ0n) is 15.6. The topological polar surface area (TPSA) is 73.0 Å². The second kappa shape index (κ2) is 8.70. The van der Waals surface area contributed by atoms with Crippen LogP contribution in [0.4, 0.5) is 5.69 Å². The Bertz CT molecular complexity index is 711. The van der Waals surface area contributed by atoms with E-state index in [-0.39, 0.29) is 24.1 Å². The zero-order chi connectivity index (χ0) is 19.2. The molecule has 7 nitrogen and oxygen atoms in total. The molecule has 1 aromatic rings. The number of nitrogens with zero attached hydrogens (tertiary/aromatic N) is 3. The number of para-hydroxylation sites is 1. The van der Waals surface area contributed by atoms with Crippen molar-refractivity contribution in [2.24, 2.45) is 0 Å². The van der Waals surface area contributed by atoms with E-state index in [9.17, 15) is 14.4 Å². The summed E-state index contributed by atoms with van der Waals surface area (Å²) in [6.07, 6.45) is 3.12. The van der Waals surface area contributed by atoms with Crippen molar-refractivity contribution in [2.45, 2.75) is 19.4 Å². The lowest BCUT2D eigenvalue weighted by Gasteiger charge is -2.38. The number of hydrogen-bond acceptors (Lipinski definition) is 4. The Balaban J connectivity index is 1.59. The maximum atomic E-state index is 12.8. The van der Waals surface area contributed by atoms with Crippen molar-refractivity contribution in [1.82, 2.24) is 15.1 Å². The molecule has 2 aliphatic heterocycles. The van der Waals surface area contributed by atoms with Gasteiger partial charge in [0, 0.05) is 45.0 Å². The fourth-order valence-corrected chi connectivity index (χ4v) is 3.57. The number of benzene rings is 1. The number of carbonyl (C=O) groups excluding carboxylic acids is 3. The van der Waals surface area contributed by atoms with E-state index in [0.717, 1.165) is 18.8 Å². The lowest BCUT2D eigenvalue weighted by Crippen LogP contribution is -2.59. The van der Waals surface area contributed by atoms with Gasteiger partial charge in [0.1, 0.15) is 6.04 Å². The first-order valence-corrected chi connectivity index (χ1v) is 9.39. The first-order chi connectivity index (χ1) is 13.1. The summed E-state index contributed by atoms with van der Waals surface area (Å²) in [6, 6.07) is 9.39. The van der Waals surface area contributed by atoms with Crippen LogP contribution in [0.2, 0.25) is 0 Å². The Kier molecular flexibility index (Phi) is 6.11. The molecule has 0 saturated carbocycles. The molecule has 0 spiro atoms. The SMILES string of the molecule is C/C=C/C(=O)N1CCNC(=O)[C@@H]1CC(=O)N1CCN(c2ccccc2)CC1. The molecule has 0 aliphatic carbocycles. The predicted molar refractivity (Wildman–Crippen MR) is 103 cm³/mol. The molecular weight excluding hydrogens is 344 g/mol. The maximum absolute atomic E-state index is 12.8. The highest BCUT2D eigenvalue weighted by atomic mass is 16.2. The summed E-state index contributed by atoms with van der Waals surface area (Å²) in [7, 11) is 0. The lowest BCUT2D eigenvalue weighted by molar-refractivity contribution is -0.144. The van der Waals surface area contributed by atoms with Gasteiger partial charge in [0.15, 0.2) is 0 Å². The molecule has 1 N–H and O–H groups in total. The number of allylic oxidation sites excluding steroid dienone is 1. The van der Waals surface area contributed by atoms with Crippen LogP contribution in [0.1, 0.15) is 13.3 Å². The average molecular weight is 370 g/mol. The van der Waals surface area contributed by atoms with E-state index in [1.807, 2.05) is 18.2 Å². The molecule has 2 aliphatic rings. The molecule has 27 heavy (non-hydrogen) atoms. The molecule has 0 aromatic heterocycles. The van der Waals surface area contributed by atoms with Crippen molar-refractivity contribution < 1.29 is 14.4 Å². The molecule has 7 heteroatoms. The monoisotopic (exact) mass is 370 g/mol. The van der Waals surface area contributed by atoms with Crippen LogP contribution in [0.15, 0.2) is 42.5 Å². The largest absolute Gasteiger partial charge is 0.368 e. The average Bonchev–Trinajstić information content (AvgIpc) is 2.70. The molecule has 3 amide bonds. The molecule has 1 atom stereocenters. The van der Waals surface area contributed by atoms with Crippen molar-refractivity contribution >= 4 is 23.4 Å². The van der Waals surface area contributed by atoms with E-state index in [4.69, 9.17) is 0 Å². The first kappa shape index (κ1) is 18.9. The van der Waals surface area contributed by atoms with Gasteiger partial charge in [-0.3, -0.25) is 14.4 Å². The van der Waals surface area contributed by atoms with Gasteiger partial charge in [-0.15, -0.1) is 0 Å². The number of hydrogen-bond donors (Lipinski definition) is 1. The van der Waals surface area contributed by atoms with Crippen molar-refractivity contribution in [1.29, 1.82) is 0 Å². The Morgan fingerprint density at radius 1 is 1.11 bits per heavy atom. The first-order valence-electron chi connectivity index (χ1n) is 9.39. The van der Waals surface area contributed by atoms with Gasteiger partial charge in [0.2, 0.25) is 17.7 Å². The molecule has 1 aromatic carbocycles. The minimum Gasteiger partial charge on any atom is -0.368 e. The van der Waals surface area contributed by atoms with Crippen molar-refractivity contribution in [3.8, 4) is 0 Å². The number of carbonyl (C=O) groups is 3. The van der Waals surface area contributed by atoms with Crippen LogP contribution in [0.5, 0.6) is 0 Å². The molecule has 2 fully saturated rings. The molecule has 2 heterocycles. The Labute approximate surface area is 159 Å². The summed E-state index contributed by atoms with van der Waals surface area (Å²) in [5, 5.41) is 2.76. The van der Waals surface area contributed by atoms with Crippen LogP contribution in [0.25, 0.3) is 0 Å². The third-order valence-corrected chi connectivity index (χ3v) is 5.04. The van der Waals surface area contributed by atoms with Gasteiger partial charge in [0.05, 0.1) is 6.42 Å². The van der Waals surface area contributed by atoms with Crippen LogP contribution in [-0.4, -0.2) is 72.8 Å². The van der Waals surface area contributed by atoms with Gasteiger partial charge in [-0.05, 0) is 25.1 Å². The summed E-state index contributed by atoms with van der Waals surface area (Å²) in [5.41, 5.74) is 1.15. The summed E-state index contributed by atoms with van der Waals surface area (Å²) in [6.45, 7) is 5.35. The quantitative estimate of drug-likeness (QED) is 0.789. The summed E-state index contributed by atoms with van der Waals surface area (Å²) in [4.78, 5) is 42.8. The molecule has 3 rings (SSSR count). The Morgan fingerprint density at radius 2 is 1.81 bits per heavy atom. The molecule has 144 valence electrons. The number of piperazine rings is 2. The molecule has 0 bridgehead atoms. The van der Waals surface area contributed by atoms with E-state index in [1.165, 1.54) is 11.0 Å². The van der Waals surface area contributed by atoms with Gasteiger partial charge >= 0.3 is 0 Å². The number of amides is 3. The molecule has 0 radical (unpaired) electrons. The fourth-order valence-electron chi connectivity index (χ4n) is 3.57. The van der Waals surface area contributed by atoms with Gasteiger partial charge in [-0.25, -0.2) is 0 Å². The van der Waals surface area contributed by atoms with E-state index in [2.05, 4.69) is 22.3 Å². The van der Waals surface area contributed by atoms with Gasteiger partial charge < -0.3 is 20.0 Å². The van der Waals surface area contributed by atoms with Crippen LogP contribution in [0, 0.1) is 0 Å². The number of rotatable bonds is 4. The van der Waals surface area contributed by atoms with E-state index in [1.54, 1.807) is 17.9 Å². The Hall–Kier alpha value is -2.83. The summed E-state index contributed by atoms with van der Waals surface area (Å²) >= 11 is 0. The van der Waals surface area contributed by atoms with Crippen LogP contribution in [0.3, 0.4) is 0 Å². The normalized spacial score (nSPS) is 20.7. The number of anilines is 1. The van der Waals surface area contributed by atoms with E-state index >= 15 is 0 Å². The third-order valence-electron chi connectivity index (χ3n) is 5.04. The van der Waals surface area contributed by atoms with Crippen LogP contribution < -0.4 is 10.2 Å². The van der Waals surface area contributed by atoms with Crippen LogP contribution >= 0.6 is 0 Å². The van der Waals surface area contributed by atoms with Crippen LogP contribution in [-0.2, 0) is 14.4 Å². The standard InChI is InChI=1S/C20H26N4O3/c1-2-6-18(25)24-10-9-21-20(27)17(24)15-19(26)23-13-11-22(12-14-23)16-7-4-3-5-8-16/h2-8,17H,9-15H2,1H3,(H,21,27)/b6-2+/t17-/m0/s1. The second-order valence-corrected chi connectivity index (χ2v) is 6.75. The van der Waals surface area contributed by atoms with Crippen molar-refractivity contribution in [2.75, 3.05) is 44.2 Å². The smallest absolute Gasteiger partial charge is 0.246 e. The highest BCUT2D eigenvalue weighted by molar-refractivity contribution is 5.96. The highest BCUT2D eigenvalue weighted by Gasteiger charge is 2.35. The molecular formula is C20H26N4O3. The summed E-state index contributed by atoms with van der Waals surface area (Å²) in [5.74, 6) is -0.558. The number of nitrogens with one attached hydrogen (secondary N) is 1. The van der Waals surface area contributed by atoms with Gasteiger partial charge in [-0.1, -0.05) is 24.3 Å². The van der Waals surface area contributed by atoms with Crippen molar-refractivity contribution in [3.63, 3.8) is 0 Å². The Morgan fingerprint density at radius 3 is 2.48 bits per heavy atom. The molecule has 2 saturated heterocycles. The minimum absolute atomic E-state index is 0.0282. The zero-order valence-corrected chi connectivity index (χ0v) is 15.6. The van der Waals surface area contributed by atoms with E-state index in [0.29, 0.717) is 26.2 Å². The third kappa shape index (κ3) is 4.48. The van der Waals surface area contributed by atoms with Gasteiger partial charge in [-0.2, -0.15) is 0 Å². The minimum atomic E-state index is -0.734. The fraction of sp³-hybridized carbons (Fsp3) is 0.450. The maximum Gasteiger partial charge on any atom is 0.246 e. The second-order valence-electron chi connectivity index (χ2n) is 6.75. The highest BCUT2D eigenvalue weighted by Crippen LogP contribution is 2.17. The molecule has 0 unspecified atom stereocenters. The predicted octanol–water partition coefficient (Wildman–Crippen LogP) is 0.628. The lowest BCUT2D eigenvalue weighted by atomic mass is 10.1.